The molecule has 0 aliphatic rings. The molecule has 0 aliphatic heterocycles. The van der Waals surface area contributed by atoms with Gasteiger partial charge in [-0.2, -0.15) is 0 Å². The van der Waals surface area contributed by atoms with Crippen LogP contribution in [-0.4, -0.2) is 17.7 Å². The first-order valence-electron chi connectivity index (χ1n) is 6.11. The lowest BCUT2D eigenvalue weighted by molar-refractivity contribution is -0.274. The van der Waals surface area contributed by atoms with Gasteiger partial charge < -0.3 is 4.74 Å². The van der Waals surface area contributed by atoms with Crippen molar-refractivity contribution in [1.82, 2.24) is 0 Å². The monoisotopic (exact) mass is 384 g/mol. The van der Waals surface area contributed by atoms with Crippen molar-refractivity contribution in [3.8, 4) is 5.75 Å². The van der Waals surface area contributed by atoms with Crippen LogP contribution in [0.4, 0.5) is 30.7 Å². The molecule has 0 bridgehead atoms. The fourth-order valence-corrected chi connectivity index (χ4v) is 2.68. The highest BCUT2D eigenvalue weighted by Gasteiger charge is 2.63. The Morgan fingerprint density at radius 2 is 1.48 bits per heavy atom. The summed E-state index contributed by atoms with van der Waals surface area (Å²) < 4.78 is 97.2. The first-order chi connectivity index (χ1) is 10.0. The van der Waals surface area contributed by atoms with Crippen LogP contribution in [-0.2, 0) is 5.67 Å². The molecular formula is C13H13ClF7OP. The van der Waals surface area contributed by atoms with Crippen LogP contribution in [0.15, 0.2) is 12.1 Å². The summed E-state index contributed by atoms with van der Waals surface area (Å²) >= 11 is 5.67. The molecule has 1 rings (SSSR count). The molecule has 0 saturated carbocycles. The van der Waals surface area contributed by atoms with E-state index in [-0.39, 0.29) is 12.5 Å². The first-order valence-corrected chi connectivity index (χ1v) is 7.07. The van der Waals surface area contributed by atoms with E-state index >= 15 is 0 Å². The van der Waals surface area contributed by atoms with Gasteiger partial charge in [0.25, 0.3) is 5.92 Å². The van der Waals surface area contributed by atoms with Gasteiger partial charge in [0.2, 0.25) is 5.67 Å². The predicted molar refractivity (Wildman–Crippen MR) is 75.5 cm³/mol. The zero-order valence-electron chi connectivity index (χ0n) is 12.2. The van der Waals surface area contributed by atoms with Crippen molar-refractivity contribution in [2.75, 3.05) is 0 Å². The van der Waals surface area contributed by atoms with Crippen molar-refractivity contribution in [1.29, 1.82) is 0 Å². The maximum Gasteiger partial charge on any atom is 0.573 e. The number of rotatable bonds is 4. The van der Waals surface area contributed by atoms with Crippen LogP contribution in [0.5, 0.6) is 5.75 Å². The molecule has 0 saturated heterocycles. The molecule has 0 radical (unpaired) electrons. The third-order valence-electron chi connectivity index (χ3n) is 3.20. The highest BCUT2D eigenvalue weighted by molar-refractivity contribution is 7.18. The maximum absolute atomic E-state index is 14.9. The summed E-state index contributed by atoms with van der Waals surface area (Å²) in [6.07, 6.45) is -5.15. The quantitative estimate of drug-likeness (QED) is 0.462. The van der Waals surface area contributed by atoms with Crippen LogP contribution in [0.2, 0.25) is 5.02 Å². The Morgan fingerprint density at radius 3 is 1.83 bits per heavy atom. The van der Waals surface area contributed by atoms with E-state index in [9.17, 15) is 30.7 Å². The molecule has 3 unspecified atom stereocenters. The van der Waals surface area contributed by atoms with E-state index in [1.807, 2.05) is 0 Å². The highest BCUT2D eigenvalue weighted by atomic mass is 35.5. The third-order valence-corrected chi connectivity index (χ3v) is 3.99. The second kappa shape index (κ2) is 5.96. The van der Waals surface area contributed by atoms with Gasteiger partial charge in [-0.05, 0) is 26.0 Å². The molecule has 0 N–H and O–H groups in total. The highest BCUT2D eigenvalue weighted by Crippen LogP contribution is 2.54. The van der Waals surface area contributed by atoms with Crippen molar-refractivity contribution in [2.45, 2.75) is 44.1 Å². The van der Waals surface area contributed by atoms with Crippen LogP contribution in [0.3, 0.4) is 0 Å². The van der Waals surface area contributed by atoms with Crippen LogP contribution in [0.25, 0.3) is 0 Å². The van der Waals surface area contributed by atoms with Gasteiger partial charge in [-0.25, -0.2) is 17.6 Å². The lowest BCUT2D eigenvalue weighted by Crippen LogP contribution is -2.51. The van der Waals surface area contributed by atoms with Gasteiger partial charge >= 0.3 is 6.36 Å². The average molecular weight is 385 g/mol. The molecule has 1 aromatic rings. The molecule has 0 amide bonds. The van der Waals surface area contributed by atoms with E-state index in [4.69, 9.17) is 11.6 Å². The number of ether oxygens (including phenoxy) is 1. The largest absolute Gasteiger partial charge is 0.573 e. The van der Waals surface area contributed by atoms with Crippen LogP contribution in [0, 0.1) is 6.92 Å². The van der Waals surface area contributed by atoms with E-state index in [1.165, 1.54) is 9.24 Å². The van der Waals surface area contributed by atoms with Gasteiger partial charge in [0.15, 0.2) is 5.41 Å². The summed E-state index contributed by atoms with van der Waals surface area (Å²) in [5.74, 6) is -5.24. The lowest BCUT2D eigenvalue weighted by Gasteiger charge is -2.39. The average Bonchev–Trinajstić information content (AvgIpc) is 2.29. The molecule has 1 nitrogen and oxygen atoms in total. The second-order valence-electron chi connectivity index (χ2n) is 5.25. The van der Waals surface area contributed by atoms with Gasteiger partial charge in [-0.3, -0.25) is 0 Å². The standard InChI is InChI=1S/C13H13ClF7OP/c1-6-8(14)4-7(5-9(6)22-13(19,20)21)12(18,10(2,15)16)11(3,17)23/h4-5H,23H2,1-3H3. The molecule has 0 spiro atoms. The smallest absolute Gasteiger partial charge is 0.405 e. The van der Waals surface area contributed by atoms with Crippen molar-refractivity contribution in [2.24, 2.45) is 0 Å². The number of alkyl halides is 7. The van der Waals surface area contributed by atoms with Crippen molar-refractivity contribution in [3.63, 3.8) is 0 Å². The summed E-state index contributed by atoms with van der Waals surface area (Å²) in [6, 6.07) is 1.02. The van der Waals surface area contributed by atoms with E-state index in [2.05, 4.69) is 4.74 Å². The Labute approximate surface area is 135 Å². The fourth-order valence-electron chi connectivity index (χ4n) is 2.05. The van der Waals surface area contributed by atoms with Crippen LogP contribution >= 0.6 is 20.8 Å². The lowest BCUT2D eigenvalue weighted by atomic mass is 9.85. The van der Waals surface area contributed by atoms with E-state index in [0.29, 0.717) is 19.1 Å². The van der Waals surface area contributed by atoms with Crippen LogP contribution in [0.1, 0.15) is 25.0 Å². The van der Waals surface area contributed by atoms with E-state index < -0.39 is 39.7 Å². The minimum Gasteiger partial charge on any atom is -0.405 e. The predicted octanol–water partition coefficient (Wildman–Crippen LogP) is 5.93. The van der Waals surface area contributed by atoms with Crippen molar-refractivity contribution >= 4 is 20.8 Å². The molecule has 23 heavy (non-hydrogen) atoms. The summed E-state index contributed by atoms with van der Waals surface area (Å²) in [4.78, 5) is 0. The van der Waals surface area contributed by atoms with Crippen molar-refractivity contribution < 1.29 is 35.5 Å². The van der Waals surface area contributed by atoms with Crippen molar-refractivity contribution in [3.05, 3.63) is 28.3 Å². The molecule has 10 heteroatoms. The number of hydrogen-bond donors (Lipinski definition) is 0. The minimum absolute atomic E-state index is 0.118. The van der Waals surface area contributed by atoms with Gasteiger partial charge in [0.1, 0.15) is 5.75 Å². The first kappa shape index (κ1) is 20.3. The molecule has 0 fully saturated rings. The molecular weight excluding hydrogens is 372 g/mol. The Morgan fingerprint density at radius 1 is 1.00 bits per heavy atom. The van der Waals surface area contributed by atoms with Gasteiger partial charge in [-0.15, -0.1) is 13.2 Å². The molecule has 1 aromatic carbocycles. The Kier molecular flexibility index (Phi) is 5.26. The second-order valence-corrected chi connectivity index (χ2v) is 6.74. The topological polar surface area (TPSA) is 9.23 Å². The fraction of sp³-hybridized carbons (Fsp3) is 0.538. The van der Waals surface area contributed by atoms with E-state index in [1.54, 1.807) is 0 Å². The van der Waals surface area contributed by atoms with Crippen LogP contribution < -0.4 is 4.74 Å². The number of halogens is 8. The summed E-state index contributed by atoms with van der Waals surface area (Å²) in [5, 5.41) is -3.67. The Hall–Kier alpha value is -0.750. The SMILES string of the molecule is Cc1c(Cl)cc(C(F)(C(C)(F)F)C(C)(F)P)cc1OC(F)(F)F. The van der Waals surface area contributed by atoms with Gasteiger partial charge in [0.05, 0.1) is 0 Å². The number of benzene rings is 1. The zero-order valence-corrected chi connectivity index (χ0v) is 14.1. The van der Waals surface area contributed by atoms with E-state index in [0.717, 1.165) is 6.92 Å². The molecule has 3 atom stereocenters. The normalized spacial score (nSPS) is 18.3. The molecule has 0 heterocycles. The number of hydrogen-bond acceptors (Lipinski definition) is 1. The Balaban J connectivity index is 3.64. The minimum atomic E-state index is -5.15. The third kappa shape index (κ3) is 4.02. The van der Waals surface area contributed by atoms with Gasteiger partial charge in [0, 0.05) is 23.1 Å². The summed E-state index contributed by atoms with van der Waals surface area (Å²) in [6.45, 7) is 1.76. The molecule has 132 valence electrons. The summed E-state index contributed by atoms with van der Waals surface area (Å²) in [7, 11) is 1.28. The van der Waals surface area contributed by atoms with Gasteiger partial charge in [-0.1, -0.05) is 20.8 Å². The molecule has 0 aromatic heterocycles. The zero-order chi connectivity index (χ0) is 18.4. The summed E-state index contributed by atoms with van der Waals surface area (Å²) in [5.41, 5.74) is -5.27. The maximum atomic E-state index is 14.9. The Bertz CT molecular complexity index is 576. The molecule has 0 aliphatic carbocycles.